The molecule has 1 aliphatic heterocycles. The van der Waals surface area contributed by atoms with Crippen molar-refractivity contribution in [3.05, 3.63) is 0 Å². The number of nitrogens with one attached hydrogen (secondary N) is 1. The lowest BCUT2D eigenvalue weighted by Gasteiger charge is -2.63. The lowest BCUT2D eigenvalue weighted by Crippen LogP contribution is -2.62. The molecule has 0 aromatic heterocycles. The van der Waals surface area contributed by atoms with Crippen LogP contribution in [-0.2, 0) is 4.79 Å². The first-order valence-electron chi connectivity index (χ1n) is 9.18. The van der Waals surface area contributed by atoms with Gasteiger partial charge in [0.05, 0.1) is 0 Å². The van der Waals surface area contributed by atoms with Gasteiger partial charge in [0.1, 0.15) is 0 Å². The molecule has 1 heterocycles. The van der Waals surface area contributed by atoms with Gasteiger partial charge in [-0.2, -0.15) is 0 Å². The zero-order chi connectivity index (χ0) is 14.9. The number of piperidine rings is 1. The molecule has 0 spiro atoms. The molecule has 4 rings (SSSR count). The fourth-order valence-corrected chi connectivity index (χ4v) is 7.09. The van der Waals surface area contributed by atoms with E-state index in [-0.39, 0.29) is 0 Å². The summed E-state index contributed by atoms with van der Waals surface area (Å²) >= 11 is 0. The van der Waals surface area contributed by atoms with Gasteiger partial charge in [0.2, 0.25) is 5.91 Å². The molecule has 0 aromatic carbocycles. The molecule has 0 aromatic rings. The number of carbonyl (C=O) groups excluding carboxylic acids is 1. The normalized spacial score (nSPS) is 56.1. The number of fused-ring (bicyclic) bond motifs is 5. The van der Waals surface area contributed by atoms with E-state index in [1.807, 2.05) is 0 Å². The summed E-state index contributed by atoms with van der Waals surface area (Å²) in [4.78, 5) is 11.8. The second-order valence-corrected chi connectivity index (χ2v) is 9.29. The third-order valence-corrected chi connectivity index (χ3v) is 8.75. The van der Waals surface area contributed by atoms with Crippen LogP contribution in [0.4, 0.5) is 0 Å². The first-order valence-corrected chi connectivity index (χ1v) is 9.18. The Bertz CT molecular complexity index is 474. The van der Waals surface area contributed by atoms with E-state index in [1.165, 1.54) is 44.9 Å². The van der Waals surface area contributed by atoms with Crippen LogP contribution in [0.1, 0.15) is 78.6 Å². The van der Waals surface area contributed by atoms with Crippen molar-refractivity contribution in [2.45, 2.75) is 84.6 Å². The van der Waals surface area contributed by atoms with E-state index in [0.717, 1.165) is 24.7 Å². The second-order valence-electron chi connectivity index (χ2n) is 9.29. The van der Waals surface area contributed by atoms with E-state index in [0.29, 0.717) is 28.2 Å². The summed E-state index contributed by atoms with van der Waals surface area (Å²) in [5.74, 6) is 2.03. The van der Waals surface area contributed by atoms with Crippen LogP contribution in [-0.4, -0.2) is 11.9 Å². The smallest absolute Gasteiger partial charge is 0.220 e. The largest absolute Gasteiger partial charge is 0.353 e. The van der Waals surface area contributed by atoms with Gasteiger partial charge in [-0.05, 0) is 73.0 Å². The third-order valence-electron chi connectivity index (χ3n) is 8.75. The zero-order valence-corrected chi connectivity index (χ0v) is 14.0. The van der Waals surface area contributed by atoms with Gasteiger partial charge in [-0.3, -0.25) is 4.79 Å². The van der Waals surface area contributed by atoms with Crippen molar-refractivity contribution in [1.29, 1.82) is 0 Å². The molecule has 118 valence electrons. The van der Waals surface area contributed by atoms with Gasteiger partial charge < -0.3 is 5.32 Å². The summed E-state index contributed by atoms with van der Waals surface area (Å²) in [6.07, 6.45) is 11.6. The molecule has 1 amide bonds. The van der Waals surface area contributed by atoms with Crippen LogP contribution in [0, 0.1) is 28.1 Å². The summed E-state index contributed by atoms with van der Waals surface area (Å²) in [6.45, 7) is 7.68. The van der Waals surface area contributed by atoms with E-state index >= 15 is 0 Å². The lowest BCUT2D eigenvalue weighted by molar-refractivity contribution is -0.147. The van der Waals surface area contributed by atoms with Crippen LogP contribution >= 0.6 is 0 Å². The van der Waals surface area contributed by atoms with Crippen molar-refractivity contribution in [1.82, 2.24) is 5.32 Å². The number of amides is 1. The summed E-state index contributed by atoms with van der Waals surface area (Å²) < 4.78 is 0. The Kier molecular flexibility index (Phi) is 2.86. The Morgan fingerprint density at radius 1 is 0.952 bits per heavy atom. The van der Waals surface area contributed by atoms with Crippen molar-refractivity contribution in [2.24, 2.45) is 28.1 Å². The molecule has 2 heteroatoms. The van der Waals surface area contributed by atoms with E-state index in [9.17, 15) is 4.79 Å². The Morgan fingerprint density at radius 3 is 2.57 bits per heavy atom. The standard InChI is InChI=1S/C19H31NO/c1-17-9-4-10-19(17,3)14-5-6-15-18(2,13(14)7-11-17)12-8-16(21)20-15/h13-15H,4-12H2,1-3H3,(H,20,21)/t13-,14+,15+,17-,18+,19-/m0/s1. The lowest BCUT2D eigenvalue weighted by atomic mass is 9.43. The highest BCUT2D eigenvalue weighted by Crippen LogP contribution is 2.69. The minimum atomic E-state index is 0.295. The van der Waals surface area contributed by atoms with Crippen molar-refractivity contribution in [3.63, 3.8) is 0 Å². The second kappa shape index (κ2) is 4.26. The molecule has 1 N–H and O–H groups in total. The maximum atomic E-state index is 11.8. The SMILES string of the molecule is C[C@]12CCC(=O)N[C@@H]1CC[C@@H]1[C@@H]2CC[C@]2(C)CCC[C@@]12C. The molecule has 0 radical (unpaired) electrons. The topological polar surface area (TPSA) is 29.1 Å². The molecule has 21 heavy (non-hydrogen) atoms. The molecule has 4 aliphatic rings. The Labute approximate surface area is 129 Å². The molecular formula is C19H31NO. The van der Waals surface area contributed by atoms with Crippen LogP contribution < -0.4 is 5.32 Å². The van der Waals surface area contributed by atoms with Crippen LogP contribution in [0.15, 0.2) is 0 Å². The van der Waals surface area contributed by atoms with Crippen molar-refractivity contribution in [2.75, 3.05) is 0 Å². The fourth-order valence-electron chi connectivity index (χ4n) is 7.09. The first-order chi connectivity index (χ1) is 9.89. The van der Waals surface area contributed by atoms with Crippen molar-refractivity contribution < 1.29 is 4.79 Å². The van der Waals surface area contributed by atoms with E-state index in [4.69, 9.17) is 0 Å². The predicted molar refractivity (Wildman–Crippen MR) is 84.8 cm³/mol. The Balaban J connectivity index is 1.69. The maximum absolute atomic E-state index is 11.8. The molecule has 6 atom stereocenters. The molecular weight excluding hydrogens is 258 g/mol. The van der Waals surface area contributed by atoms with E-state index in [1.54, 1.807) is 0 Å². The van der Waals surface area contributed by atoms with Gasteiger partial charge in [-0.15, -0.1) is 0 Å². The number of hydrogen-bond donors (Lipinski definition) is 1. The molecule has 2 nitrogen and oxygen atoms in total. The van der Waals surface area contributed by atoms with Crippen LogP contribution in [0.2, 0.25) is 0 Å². The average molecular weight is 289 g/mol. The van der Waals surface area contributed by atoms with E-state index in [2.05, 4.69) is 26.1 Å². The van der Waals surface area contributed by atoms with Gasteiger partial charge in [-0.25, -0.2) is 0 Å². The highest BCUT2D eigenvalue weighted by atomic mass is 16.1. The molecule has 4 fully saturated rings. The predicted octanol–water partition coefficient (Wildman–Crippen LogP) is 4.29. The van der Waals surface area contributed by atoms with E-state index < -0.39 is 0 Å². The third kappa shape index (κ3) is 1.68. The number of carbonyl (C=O) groups is 1. The van der Waals surface area contributed by atoms with Gasteiger partial charge >= 0.3 is 0 Å². The average Bonchev–Trinajstić information content (AvgIpc) is 2.75. The first kappa shape index (κ1) is 14.1. The monoisotopic (exact) mass is 289 g/mol. The Hall–Kier alpha value is -0.530. The van der Waals surface area contributed by atoms with Gasteiger partial charge in [-0.1, -0.05) is 27.2 Å². The molecule has 0 unspecified atom stereocenters. The molecule has 1 saturated heterocycles. The van der Waals surface area contributed by atoms with Crippen LogP contribution in [0.3, 0.4) is 0 Å². The van der Waals surface area contributed by atoms with Gasteiger partial charge in [0.15, 0.2) is 0 Å². The maximum Gasteiger partial charge on any atom is 0.220 e. The Morgan fingerprint density at radius 2 is 1.76 bits per heavy atom. The number of rotatable bonds is 0. The highest BCUT2D eigenvalue weighted by Gasteiger charge is 2.62. The van der Waals surface area contributed by atoms with Crippen LogP contribution in [0.25, 0.3) is 0 Å². The van der Waals surface area contributed by atoms with Crippen molar-refractivity contribution >= 4 is 5.91 Å². The zero-order valence-electron chi connectivity index (χ0n) is 14.0. The van der Waals surface area contributed by atoms with Crippen molar-refractivity contribution in [3.8, 4) is 0 Å². The molecule has 3 saturated carbocycles. The number of hydrogen-bond acceptors (Lipinski definition) is 1. The highest BCUT2D eigenvalue weighted by molar-refractivity contribution is 5.77. The molecule has 3 aliphatic carbocycles. The summed E-state index contributed by atoms with van der Waals surface area (Å²) in [7, 11) is 0. The fraction of sp³-hybridized carbons (Fsp3) is 0.947. The van der Waals surface area contributed by atoms with Gasteiger partial charge in [0, 0.05) is 12.5 Å². The summed E-state index contributed by atoms with van der Waals surface area (Å²) in [6, 6.07) is 0.453. The quantitative estimate of drug-likeness (QED) is 0.708. The van der Waals surface area contributed by atoms with Gasteiger partial charge in [0.25, 0.3) is 0 Å². The molecule has 0 bridgehead atoms. The summed E-state index contributed by atoms with van der Waals surface area (Å²) in [5.41, 5.74) is 1.52. The van der Waals surface area contributed by atoms with Crippen LogP contribution in [0.5, 0.6) is 0 Å². The minimum absolute atomic E-state index is 0.295. The summed E-state index contributed by atoms with van der Waals surface area (Å²) in [5, 5.41) is 3.33. The minimum Gasteiger partial charge on any atom is -0.353 e.